The summed E-state index contributed by atoms with van der Waals surface area (Å²) in [4.78, 5) is 16.2. The number of nitrogens with one attached hydrogen (secondary N) is 2. The van der Waals surface area contributed by atoms with Crippen molar-refractivity contribution >= 4 is 17.3 Å². The lowest BCUT2D eigenvalue weighted by atomic mass is 10.3. The van der Waals surface area contributed by atoms with Crippen LogP contribution < -0.4 is 10.6 Å². The molecule has 0 bridgehead atoms. The third-order valence-electron chi connectivity index (χ3n) is 4.14. The summed E-state index contributed by atoms with van der Waals surface area (Å²) in [6, 6.07) is 8.43. The van der Waals surface area contributed by atoms with Crippen LogP contribution in [0.15, 0.2) is 47.8 Å². The standard InChI is InChI=1S/C20H26N6S/c1-4-17-7-8-18(27-17)14-25-20(21-5-2)24-13-16-6-9-19(23-12-16)26-11-10-22-15(26)3/h6-12H,4-5,13-14H2,1-3H3,(H2,21,24,25). The third-order valence-corrected chi connectivity index (χ3v) is 5.37. The van der Waals surface area contributed by atoms with Crippen molar-refractivity contribution in [1.82, 2.24) is 25.2 Å². The van der Waals surface area contributed by atoms with Crippen LogP contribution in [0.1, 0.15) is 35.0 Å². The Bertz CT molecular complexity index is 878. The maximum Gasteiger partial charge on any atom is 0.191 e. The van der Waals surface area contributed by atoms with Crippen LogP contribution in [0.25, 0.3) is 5.82 Å². The smallest absolute Gasteiger partial charge is 0.191 e. The molecule has 0 aliphatic rings. The molecule has 0 unspecified atom stereocenters. The van der Waals surface area contributed by atoms with Crippen LogP contribution in [-0.4, -0.2) is 27.0 Å². The van der Waals surface area contributed by atoms with Crippen LogP contribution in [0, 0.1) is 6.92 Å². The molecule has 27 heavy (non-hydrogen) atoms. The van der Waals surface area contributed by atoms with E-state index in [0.29, 0.717) is 6.54 Å². The molecule has 7 heteroatoms. The minimum absolute atomic E-state index is 0.580. The second-order valence-electron chi connectivity index (χ2n) is 6.14. The topological polar surface area (TPSA) is 67.1 Å². The summed E-state index contributed by atoms with van der Waals surface area (Å²) < 4.78 is 1.96. The molecule has 0 atom stereocenters. The molecule has 142 valence electrons. The quantitative estimate of drug-likeness (QED) is 0.485. The lowest BCUT2D eigenvalue weighted by molar-refractivity contribution is 0.822. The van der Waals surface area contributed by atoms with Crippen molar-refractivity contribution in [1.29, 1.82) is 0 Å². The molecule has 0 aromatic carbocycles. The Morgan fingerprint density at radius 2 is 1.96 bits per heavy atom. The van der Waals surface area contributed by atoms with Crippen molar-refractivity contribution in [3.05, 3.63) is 64.0 Å². The number of guanidine groups is 1. The molecule has 6 nitrogen and oxygen atoms in total. The number of hydrogen-bond acceptors (Lipinski definition) is 4. The molecule has 0 aliphatic carbocycles. The Morgan fingerprint density at radius 1 is 1.11 bits per heavy atom. The second kappa shape index (κ2) is 9.32. The summed E-state index contributed by atoms with van der Waals surface area (Å²) >= 11 is 1.85. The van der Waals surface area contributed by atoms with Gasteiger partial charge in [-0.1, -0.05) is 13.0 Å². The molecule has 0 amide bonds. The van der Waals surface area contributed by atoms with E-state index in [-0.39, 0.29) is 0 Å². The number of imidazole rings is 1. The minimum Gasteiger partial charge on any atom is -0.357 e. The number of aliphatic imine (C=N–C) groups is 1. The van der Waals surface area contributed by atoms with Gasteiger partial charge in [0.25, 0.3) is 0 Å². The predicted octanol–water partition coefficient (Wildman–Crippen LogP) is 3.45. The highest BCUT2D eigenvalue weighted by atomic mass is 32.1. The molecule has 3 heterocycles. The van der Waals surface area contributed by atoms with Crippen LogP contribution in [0.2, 0.25) is 0 Å². The Morgan fingerprint density at radius 3 is 2.59 bits per heavy atom. The Labute approximate surface area is 164 Å². The lowest BCUT2D eigenvalue weighted by Gasteiger charge is -2.10. The Hall–Kier alpha value is -2.67. The van der Waals surface area contributed by atoms with Crippen molar-refractivity contribution in [2.24, 2.45) is 4.99 Å². The molecule has 3 rings (SSSR count). The van der Waals surface area contributed by atoms with Gasteiger partial charge in [-0.15, -0.1) is 11.3 Å². The average molecular weight is 383 g/mol. The Kier molecular flexibility index (Phi) is 6.59. The highest BCUT2D eigenvalue weighted by molar-refractivity contribution is 7.11. The molecule has 0 aliphatic heterocycles. The minimum atomic E-state index is 0.580. The average Bonchev–Trinajstić information content (AvgIpc) is 3.33. The molecule has 0 radical (unpaired) electrons. The van der Waals surface area contributed by atoms with Gasteiger partial charge >= 0.3 is 0 Å². The van der Waals surface area contributed by atoms with Gasteiger partial charge < -0.3 is 10.6 Å². The fourth-order valence-electron chi connectivity index (χ4n) is 2.66. The first-order valence-electron chi connectivity index (χ1n) is 9.24. The van der Waals surface area contributed by atoms with Gasteiger partial charge in [-0.05, 0) is 44.0 Å². The first-order valence-corrected chi connectivity index (χ1v) is 10.1. The van der Waals surface area contributed by atoms with Crippen LogP contribution in [0.5, 0.6) is 0 Å². The van der Waals surface area contributed by atoms with Gasteiger partial charge in [0.15, 0.2) is 5.96 Å². The molecule has 0 spiro atoms. The summed E-state index contributed by atoms with van der Waals surface area (Å²) in [5.74, 6) is 2.61. The first-order chi connectivity index (χ1) is 13.2. The van der Waals surface area contributed by atoms with Crippen molar-refractivity contribution in [3.8, 4) is 5.82 Å². The summed E-state index contributed by atoms with van der Waals surface area (Å²) in [7, 11) is 0. The predicted molar refractivity (Wildman–Crippen MR) is 111 cm³/mol. The number of nitrogens with zero attached hydrogens (tertiary/aromatic N) is 4. The largest absolute Gasteiger partial charge is 0.357 e. The number of pyridine rings is 1. The molecule has 0 fully saturated rings. The zero-order chi connectivity index (χ0) is 19.1. The van der Waals surface area contributed by atoms with Crippen LogP contribution in [0.3, 0.4) is 0 Å². The number of rotatable bonds is 7. The maximum atomic E-state index is 4.68. The van der Waals surface area contributed by atoms with Crippen LogP contribution >= 0.6 is 11.3 Å². The van der Waals surface area contributed by atoms with Gasteiger partial charge in [-0.25, -0.2) is 15.0 Å². The monoisotopic (exact) mass is 382 g/mol. The van der Waals surface area contributed by atoms with Gasteiger partial charge in [-0.3, -0.25) is 4.57 Å². The van der Waals surface area contributed by atoms with E-state index in [2.05, 4.69) is 57.6 Å². The van der Waals surface area contributed by atoms with E-state index in [0.717, 1.165) is 42.7 Å². The molecule has 0 saturated heterocycles. The second-order valence-corrected chi connectivity index (χ2v) is 7.39. The lowest BCUT2D eigenvalue weighted by Crippen LogP contribution is -2.36. The third kappa shape index (κ3) is 5.17. The fraction of sp³-hybridized carbons (Fsp3) is 0.350. The number of aromatic nitrogens is 3. The van der Waals surface area contributed by atoms with E-state index < -0.39 is 0 Å². The summed E-state index contributed by atoms with van der Waals surface area (Å²) in [5.41, 5.74) is 1.07. The summed E-state index contributed by atoms with van der Waals surface area (Å²) in [6.45, 7) is 8.41. The molecule has 3 aromatic heterocycles. The normalized spacial score (nSPS) is 11.6. The van der Waals surface area contributed by atoms with Crippen molar-refractivity contribution in [2.75, 3.05) is 6.54 Å². The van der Waals surface area contributed by atoms with Crippen molar-refractivity contribution in [3.63, 3.8) is 0 Å². The molecule has 3 aromatic rings. The van der Waals surface area contributed by atoms with Crippen molar-refractivity contribution in [2.45, 2.75) is 40.3 Å². The van der Waals surface area contributed by atoms with Gasteiger partial charge in [0.1, 0.15) is 11.6 Å². The van der Waals surface area contributed by atoms with Crippen LogP contribution in [0.4, 0.5) is 0 Å². The fourth-order valence-corrected chi connectivity index (χ4v) is 3.56. The summed E-state index contributed by atoms with van der Waals surface area (Å²) in [5, 5.41) is 6.70. The maximum absolute atomic E-state index is 4.68. The van der Waals surface area contributed by atoms with E-state index in [1.54, 1.807) is 6.20 Å². The molecule has 2 N–H and O–H groups in total. The van der Waals surface area contributed by atoms with Crippen molar-refractivity contribution < 1.29 is 0 Å². The van der Waals surface area contributed by atoms with Gasteiger partial charge in [0.05, 0.1) is 13.1 Å². The first kappa shape index (κ1) is 19.1. The molecular weight excluding hydrogens is 356 g/mol. The number of thiophene rings is 1. The van der Waals surface area contributed by atoms with E-state index in [9.17, 15) is 0 Å². The number of aryl methyl sites for hydroxylation is 2. The summed E-state index contributed by atoms with van der Waals surface area (Å²) in [6.07, 6.45) is 6.65. The SMILES string of the molecule is CCNC(=NCc1ccc(-n2ccnc2C)nc1)NCc1ccc(CC)s1. The van der Waals surface area contributed by atoms with Crippen LogP contribution in [-0.2, 0) is 19.5 Å². The van der Waals surface area contributed by atoms with E-state index >= 15 is 0 Å². The zero-order valence-electron chi connectivity index (χ0n) is 16.1. The molecular formula is C20H26N6S. The van der Waals surface area contributed by atoms with Gasteiger partial charge in [0.2, 0.25) is 0 Å². The Balaban J connectivity index is 1.61. The highest BCUT2D eigenvalue weighted by Gasteiger charge is 2.04. The van der Waals surface area contributed by atoms with Gasteiger partial charge in [0, 0.05) is 34.9 Å². The number of hydrogen-bond donors (Lipinski definition) is 2. The molecule has 0 saturated carbocycles. The van der Waals surface area contributed by atoms with E-state index in [1.807, 2.05) is 41.3 Å². The van der Waals surface area contributed by atoms with Gasteiger partial charge in [-0.2, -0.15) is 0 Å². The zero-order valence-corrected chi connectivity index (χ0v) is 16.9. The van der Waals surface area contributed by atoms with E-state index in [4.69, 9.17) is 0 Å². The highest BCUT2D eigenvalue weighted by Crippen LogP contribution is 2.16. The van der Waals surface area contributed by atoms with E-state index in [1.165, 1.54) is 9.75 Å².